The Morgan fingerprint density at radius 3 is 3.00 bits per heavy atom. The molecule has 1 atom stereocenters. The molecule has 0 amide bonds. The quantitative estimate of drug-likeness (QED) is 0.860. The smallest absolute Gasteiger partial charge is 0.149 e. The number of nitrogens with one attached hydrogen (secondary N) is 1. The van der Waals surface area contributed by atoms with Gasteiger partial charge in [-0.2, -0.15) is 5.10 Å². The molecule has 15 heavy (non-hydrogen) atoms. The van der Waals surface area contributed by atoms with E-state index in [1.54, 1.807) is 17.5 Å². The monoisotopic (exact) mass is 220 g/mol. The number of thiazole rings is 1. The van der Waals surface area contributed by atoms with Crippen LogP contribution >= 0.6 is 11.3 Å². The maximum atomic E-state index is 4.29. The van der Waals surface area contributed by atoms with Crippen molar-refractivity contribution in [1.29, 1.82) is 0 Å². The van der Waals surface area contributed by atoms with Crippen LogP contribution in [-0.2, 0) is 0 Å². The molecule has 0 aliphatic heterocycles. The van der Waals surface area contributed by atoms with Crippen molar-refractivity contribution >= 4 is 17.2 Å². The number of hydrogen-bond donors (Lipinski definition) is 1. The van der Waals surface area contributed by atoms with Crippen molar-refractivity contribution in [3.8, 4) is 0 Å². The van der Waals surface area contributed by atoms with Crippen LogP contribution in [0.2, 0.25) is 0 Å². The van der Waals surface area contributed by atoms with Gasteiger partial charge in [0, 0.05) is 17.8 Å². The first-order valence-electron chi connectivity index (χ1n) is 4.83. The van der Waals surface area contributed by atoms with Crippen molar-refractivity contribution in [3.05, 3.63) is 34.9 Å². The average Bonchev–Trinajstić information content (AvgIpc) is 2.81. The Morgan fingerprint density at radius 1 is 1.47 bits per heavy atom. The molecular formula is C10H12N4S. The van der Waals surface area contributed by atoms with E-state index in [2.05, 4.69) is 27.4 Å². The van der Waals surface area contributed by atoms with Gasteiger partial charge in [0.1, 0.15) is 10.8 Å². The van der Waals surface area contributed by atoms with E-state index in [0.717, 1.165) is 17.2 Å². The largest absolute Gasteiger partial charge is 0.359 e. The molecule has 0 radical (unpaired) electrons. The van der Waals surface area contributed by atoms with Gasteiger partial charge in [-0.15, -0.1) is 16.4 Å². The lowest BCUT2D eigenvalue weighted by Gasteiger charge is -2.13. The van der Waals surface area contributed by atoms with Crippen LogP contribution in [0.4, 0.5) is 5.82 Å². The van der Waals surface area contributed by atoms with Crippen LogP contribution in [0.3, 0.4) is 0 Å². The number of aromatic nitrogens is 3. The first-order valence-corrected chi connectivity index (χ1v) is 5.71. The van der Waals surface area contributed by atoms with Crippen LogP contribution in [0.5, 0.6) is 0 Å². The molecule has 4 nitrogen and oxygen atoms in total. The highest BCUT2D eigenvalue weighted by molar-refractivity contribution is 7.09. The van der Waals surface area contributed by atoms with Crippen LogP contribution < -0.4 is 5.32 Å². The third-order valence-corrected chi connectivity index (χ3v) is 2.94. The molecule has 0 aliphatic carbocycles. The van der Waals surface area contributed by atoms with Crippen molar-refractivity contribution in [2.75, 3.05) is 5.32 Å². The van der Waals surface area contributed by atoms with E-state index in [0.29, 0.717) is 0 Å². The van der Waals surface area contributed by atoms with Crippen molar-refractivity contribution < 1.29 is 0 Å². The molecule has 1 N–H and O–H groups in total. The zero-order chi connectivity index (χ0) is 10.5. The Morgan fingerprint density at radius 2 is 2.40 bits per heavy atom. The molecule has 5 heteroatoms. The van der Waals surface area contributed by atoms with Gasteiger partial charge in [0.05, 0.1) is 6.04 Å². The molecule has 2 aromatic heterocycles. The number of nitrogens with zero attached hydrogens (tertiary/aromatic N) is 3. The zero-order valence-electron chi connectivity index (χ0n) is 8.42. The summed E-state index contributed by atoms with van der Waals surface area (Å²) < 4.78 is 0. The normalized spacial score (nSPS) is 12.3. The molecule has 0 spiro atoms. The first-order chi connectivity index (χ1) is 7.40. The molecule has 2 heterocycles. The Labute approximate surface area is 92.4 Å². The molecule has 0 saturated heterocycles. The van der Waals surface area contributed by atoms with E-state index < -0.39 is 0 Å². The third-order valence-electron chi connectivity index (χ3n) is 2.05. The summed E-state index contributed by atoms with van der Waals surface area (Å²) in [6.07, 6.45) is 4.46. The summed E-state index contributed by atoms with van der Waals surface area (Å²) in [4.78, 5) is 4.29. The lowest BCUT2D eigenvalue weighted by atomic mass is 10.2. The summed E-state index contributed by atoms with van der Waals surface area (Å²) in [6.45, 7) is 2.12. The Hall–Kier alpha value is -1.49. The van der Waals surface area contributed by atoms with Crippen LogP contribution in [0.1, 0.15) is 24.4 Å². The lowest BCUT2D eigenvalue weighted by molar-refractivity contribution is 0.734. The molecule has 2 rings (SSSR count). The van der Waals surface area contributed by atoms with Crippen LogP contribution in [0, 0.1) is 0 Å². The van der Waals surface area contributed by atoms with E-state index in [4.69, 9.17) is 0 Å². The van der Waals surface area contributed by atoms with Gasteiger partial charge in [-0.25, -0.2) is 4.98 Å². The summed E-state index contributed by atoms with van der Waals surface area (Å²) >= 11 is 1.65. The summed E-state index contributed by atoms with van der Waals surface area (Å²) in [7, 11) is 0. The van der Waals surface area contributed by atoms with E-state index in [1.807, 2.05) is 23.7 Å². The number of hydrogen-bond acceptors (Lipinski definition) is 5. The molecule has 78 valence electrons. The van der Waals surface area contributed by atoms with Crippen LogP contribution in [0.15, 0.2) is 29.9 Å². The van der Waals surface area contributed by atoms with Crippen molar-refractivity contribution in [2.45, 2.75) is 19.4 Å². The number of anilines is 1. The topological polar surface area (TPSA) is 50.7 Å². The van der Waals surface area contributed by atoms with Gasteiger partial charge in [-0.1, -0.05) is 6.92 Å². The minimum Gasteiger partial charge on any atom is -0.359 e. The first kappa shape index (κ1) is 10.0. The fraction of sp³-hybridized carbons (Fsp3) is 0.300. The molecule has 0 fully saturated rings. The van der Waals surface area contributed by atoms with Gasteiger partial charge < -0.3 is 5.32 Å². The van der Waals surface area contributed by atoms with Gasteiger partial charge in [-0.3, -0.25) is 0 Å². The van der Waals surface area contributed by atoms with Gasteiger partial charge in [0.2, 0.25) is 0 Å². The highest BCUT2D eigenvalue weighted by atomic mass is 32.1. The Balaban J connectivity index is 2.10. The van der Waals surface area contributed by atoms with E-state index in [-0.39, 0.29) is 6.04 Å². The van der Waals surface area contributed by atoms with E-state index >= 15 is 0 Å². The van der Waals surface area contributed by atoms with E-state index in [1.165, 1.54) is 0 Å². The summed E-state index contributed by atoms with van der Waals surface area (Å²) in [5.74, 6) is 0.791. The fourth-order valence-electron chi connectivity index (χ4n) is 1.30. The second-order valence-electron chi connectivity index (χ2n) is 3.08. The second-order valence-corrected chi connectivity index (χ2v) is 4.01. The van der Waals surface area contributed by atoms with Crippen LogP contribution in [0.25, 0.3) is 0 Å². The fourth-order valence-corrected chi connectivity index (χ4v) is 2.07. The highest BCUT2D eigenvalue weighted by Crippen LogP contribution is 2.22. The molecule has 1 unspecified atom stereocenters. The Kier molecular flexibility index (Phi) is 3.24. The molecule has 0 bridgehead atoms. The predicted molar refractivity (Wildman–Crippen MR) is 60.8 cm³/mol. The minimum absolute atomic E-state index is 0.224. The van der Waals surface area contributed by atoms with Gasteiger partial charge in [-0.05, 0) is 18.6 Å². The van der Waals surface area contributed by atoms with Crippen LogP contribution in [-0.4, -0.2) is 15.2 Å². The van der Waals surface area contributed by atoms with Crippen molar-refractivity contribution in [1.82, 2.24) is 15.2 Å². The summed E-state index contributed by atoms with van der Waals surface area (Å²) in [5.41, 5.74) is 0. The van der Waals surface area contributed by atoms with Gasteiger partial charge >= 0.3 is 0 Å². The molecule has 0 aliphatic rings. The SMILES string of the molecule is CCC(Nc1cccnn1)c1nccs1. The number of rotatable bonds is 4. The van der Waals surface area contributed by atoms with Gasteiger partial charge in [0.25, 0.3) is 0 Å². The summed E-state index contributed by atoms with van der Waals surface area (Å²) in [6, 6.07) is 3.99. The highest BCUT2D eigenvalue weighted by Gasteiger charge is 2.11. The van der Waals surface area contributed by atoms with Crippen molar-refractivity contribution in [3.63, 3.8) is 0 Å². The second kappa shape index (κ2) is 4.84. The maximum Gasteiger partial charge on any atom is 0.149 e. The third kappa shape index (κ3) is 2.50. The Bertz CT molecular complexity index is 387. The molecular weight excluding hydrogens is 208 g/mol. The van der Waals surface area contributed by atoms with Crippen molar-refractivity contribution in [2.24, 2.45) is 0 Å². The standard InChI is InChI=1S/C10H12N4S/c1-2-8(10-11-6-7-15-10)13-9-4-3-5-12-14-9/h3-8H,2H2,1H3,(H,13,14). The maximum absolute atomic E-state index is 4.29. The average molecular weight is 220 g/mol. The lowest BCUT2D eigenvalue weighted by Crippen LogP contribution is -2.10. The summed E-state index contributed by atoms with van der Waals surface area (Å²) in [5, 5.41) is 14.2. The van der Waals surface area contributed by atoms with Gasteiger partial charge in [0.15, 0.2) is 0 Å². The molecule has 0 saturated carbocycles. The predicted octanol–water partition coefficient (Wildman–Crippen LogP) is 2.50. The molecule has 2 aromatic rings. The molecule has 0 aromatic carbocycles. The van der Waals surface area contributed by atoms with E-state index in [9.17, 15) is 0 Å². The minimum atomic E-state index is 0.224. The zero-order valence-corrected chi connectivity index (χ0v) is 9.24.